The average molecular weight is 312 g/mol. The Labute approximate surface area is 133 Å². The van der Waals surface area contributed by atoms with Gasteiger partial charge in [0.25, 0.3) is 0 Å². The summed E-state index contributed by atoms with van der Waals surface area (Å²) in [5, 5.41) is 22.1. The summed E-state index contributed by atoms with van der Waals surface area (Å²) in [6.45, 7) is 0.232. The predicted octanol–water partition coefficient (Wildman–Crippen LogP) is 2.73. The number of carboxylic acids is 1. The number of nitrogens with zero attached hydrogens (tertiary/aromatic N) is 1. The first-order chi connectivity index (χ1) is 11.1. The minimum atomic E-state index is -1.13. The summed E-state index contributed by atoms with van der Waals surface area (Å²) in [6.07, 6.45) is 2.34. The lowest BCUT2D eigenvalue weighted by molar-refractivity contribution is -0.112. The molecule has 0 aliphatic heterocycles. The van der Waals surface area contributed by atoms with Crippen LogP contribution in [0.5, 0.6) is 0 Å². The molecule has 6 nitrogen and oxygen atoms in total. The first-order valence-electron chi connectivity index (χ1n) is 6.87. The lowest BCUT2D eigenvalue weighted by Crippen LogP contribution is -2.15. The SMILES string of the molecule is O=C(/C=C\N(O)Cc1ccccc1)Nc1ccccc1C(=O)O. The molecular weight excluding hydrogens is 296 g/mol. The van der Waals surface area contributed by atoms with Gasteiger partial charge in [0.2, 0.25) is 5.91 Å². The molecule has 0 radical (unpaired) electrons. The molecular formula is C17H16N2O4. The van der Waals surface area contributed by atoms with Gasteiger partial charge in [0.15, 0.2) is 0 Å². The first-order valence-corrected chi connectivity index (χ1v) is 6.87. The summed E-state index contributed by atoms with van der Waals surface area (Å²) >= 11 is 0. The van der Waals surface area contributed by atoms with E-state index in [9.17, 15) is 14.8 Å². The van der Waals surface area contributed by atoms with Crippen LogP contribution in [0, 0.1) is 0 Å². The van der Waals surface area contributed by atoms with E-state index in [0.29, 0.717) is 0 Å². The average Bonchev–Trinajstić information content (AvgIpc) is 2.54. The van der Waals surface area contributed by atoms with Crippen LogP contribution in [-0.2, 0) is 11.3 Å². The number of nitrogens with one attached hydrogen (secondary N) is 1. The summed E-state index contributed by atoms with van der Waals surface area (Å²) in [5.41, 5.74) is 1.08. The molecule has 0 fully saturated rings. The number of carbonyl (C=O) groups is 2. The third-order valence-electron chi connectivity index (χ3n) is 3.00. The number of amides is 1. The monoisotopic (exact) mass is 312 g/mol. The van der Waals surface area contributed by atoms with Crippen LogP contribution in [0.4, 0.5) is 5.69 Å². The highest BCUT2D eigenvalue weighted by molar-refractivity contribution is 6.04. The zero-order valence-electron chi connectivity index (χ0n) is 12.2. The third-order valence-corrected chi connectivity index (χ3v) is 3.00. The van der Waals surface area contributed by atoms with Crippen molar-refractivity contribution in [2.24, 2.45) is 0 Å². The van der Waals surface area contributed by atoms with Gasteiger partial charge in [-0.15, -0.1) is 0 Å². The fourth-order valence-corrected chi connectivity index (χ4v) is 1.93. The quantitative estimate of drug-likeness (QED) is 0.563. The van der Waals surface area contributed by atoms with E-state index in [1.165, 1.54) is 18.3 Å². The number of hydrogen-bond acceptors (Lipinski definition) is 4. The maximum atomic E-state index is 11.8. The van der Waals surface area contributed by atoms with Crippen LogP contribution in [-0.4, -0.2) is 27.3 Å². The van der Waals surface area contributed by atoms with Crippen molar-refractivity contribution in [1.82, 2.24) is 5.06 Å². The molecule has 0 atom stereocenters. The first kappa shape index (κ1) is 16.3. The fraction of sp³-hybridized carbons (Fsp3) is 0.0588. The Morgan fingerprint density at radius 1 is 1.04 bits per heavy atom. The molecule has 0 aromatic heterocycles. The smallest absolute Gasteiger partial charge is 0.337 e. The molecule has 0 unspecified atom stereocenters. The van der Waals surface area contributed by atoms with Crippen LogP contribution in [0.3, 0.4) is 0 Å². The minimum Gasteiger partial charge on any atom is -0.478 e. The Hall–Kier alpha value is -3.12. The molecule has 2 aromatic rings. The number of hydrogen-bond donors (Lipinski definition) is 3. The lowest BCUT2D eigenvalue weighted by atomic mass is 10.2. The van der Waals surface area contributed by atoms with E-state index < -0.39 is 11.9 Å². The van der Waals surface area contributed by atoms with Gasteiger partial charge < -0.3 is 10.4 Å². The maximum absolute atomic E-state index is 11.8. The standard InChI is InChI=1S/C17H16N2O4/c20-16(18-15-9-5-4-8-14(15)17(21)22)10-11-19(23)12-13-6-2-1-3-7-13/h1-11,23H,12H2,(H,18,20)(H,21,22)/b11-10-. The number of rotatable bonds is 6. The molecule has 0 aliphatic carbocycles. The summed E-state index contributed by atoms with van der Waals surface area (Å²) in [6, 6.07) is 15.4. The highest BCUT2D eigenvalue weighted by atomic mass is 16.5. The van der Waals surface area contributed by atoms with Crippen LogP contribution >= 0.6 is 0 Å². The number of benzene rings is 2. The molecule has 0 bridgehead atoms. The molecule has 0 saturated heterocycles. The van der Waals surface area contributed by atoms with Crippen molar-refractivity contribution in [1.29, 1.82) is 0 Å². The number of para-hydroxylation sites is 1. The van der Waals surface area contributed by atoms with Crippen LogP contribution in [0.1, 0.15) is 15.9 Å². The lowest BCUT2D eigenvalue weighted by Gasteiger charge is -2.11. The van der Waals surface area contributed by atoms with Gasteiger partial charge in [-0.3, -0.25) is 15.1 Å². The summed E-state index contributed by atoms with van der Waals surface area (Å²) in [7, 11) is 0. The number of anilines is 1. The van der Waals surface area contributed by atoms with E-state index in [1.54, 1.807) is 12.1 Å². The molecule has 3 N–H and O–H groups in total. The molecule has 1 amide bonds. The molecule has 0 heterocycles. The van der Waals surface area contributed by atoms with Gasteiger partial charge in [-0.2, -0.15) is 0 Å². The minimum absolute atomic E-state index is 0.000565. The number of hydroxylamine groups is 2. The van der Waals surface area contributed by atoms with Crippen LogP contribution in [0.25, 0.3) is 0 Å². The Kier molecular flexibility index (Phi) is 5.49. The number of carbonyl (C=O) groups excluding carboxylic acids is 1. The van der Waals surface area contributed by atoms with Crippen LogP contribution in [0.2, 0.25) is 0 Å². The normalized spacial score (nSPS) is 10.5. The number of carboxylic acid groups (broad SMARTS) is 1. The summed E-state index contributed by atoms with van der Waals surface area (Å²) in [4.78, 5) is 22.9. The van der Waals surface area contributed by atoms with Gasteiger partial charge in [-0.25, -0.2) is 4.79 Å². The topological polar surface area (TPSA) is 89.9 Å². The second-order valence-corrected chi connectivity index (χ2v) is 4.74. The van der Waals surface area contributed by atoms with E-state index in [1.807, 2.05) is 30.3 Å². The van der Waals surface area contributed by atoms with Crippen molar-refractivity contribution in [3.05, 3.63) is 78.0 Å². The van der Waals surface area contributed by atoms with Crippen molar-refractivity contribution in [3.63, 3.8) is 0 Å². The molecule has 0 saturated carbocycles. The van der Waals surface area contributed by atoms with E-state index in [4.69, 9.17) is 5.11 Å². The second-order valence-electron chi connectivity index (χ2n) is 4.74. The molecule has 6 heteroatoms. The Balaban J connectivity index is 1.95. The summed E-state index contributed by atoms with van der Waals surface area (Å²) in [5.74, 6) is -1.66. The van der Waals surface area contributed by atoms with E-state index >= 15 is 0 Å². The highest BCUT2D eigenvalue weighted by Gasteiger charge is 2.10. The third kappa shape index (κ3) is 4.98. The van der Waals surface area contributed by atoms with Crippen molar-refractivity contribution in [3.8, 4) is 0 Å². The molecule has 2 rings (SSSR count). The predicted molar refractivity (Wildman–Crippen MR) is 84.9 cm³/mol. The van der Waals surface area contributed by atoms with Gasteiger partial charge in [-0.05, 0) is 17.7 Å². The van der Waals surface area contributed by atoms with Gasteiger partial charge in [0.05, 0.1) is 17.8 Å². The van der Waals surface area contributed by atoms with Crippen molar-refractivity contribution in [2.45, 2.75) is 6.54 Å². The van der Waals surface area contributed by atoms with E-state index in [0.717, 1.165) is 16.7 Å². The molecule has 23 heavy (non-hydrogen) atoms. The molecule has 0 aliphatic rings. The van der Waals surface area contributed by atoms with Crippen LogP contribution < -0.4 is 5.32 Å². The second kappa shape index (κ2) is 7.77. The largest absolute Gasteiger partial charge is 0.478 e. The van der Waals surface area contributed by atoms with Crippen molar-refractivity contribution >= 4 is 17.6 Å². The Morgan fingerprint density at radius 2 is 1.70 bits per heavy atom. The van der Waals surface area contributed by atoms with E-state index in [2.05, 4.69) is 5.32 Å². The van der Waals surface area contributed by atoms with Crippen molar-refractivity contribution in [2.75, 3.05) is 5.32 Å². The zero-order valence-corrected chi connectivity index (χ0v) is 12.2. The van der Waals surface area contributed by atoms with Gasteiger partial charge >= 0.3 is 5.97 Å². The Bertz CT molecular complexity index is 714. The van der Waals surface area contributed by atoms with Crippen molar-refractivity contribution < 1.29 is 19.9 Å². The zero-order chi connectivity index (χ0) is 16.7. The van der Waals surface area contributed by atoms with E-state index in [-0.39, 0.29) is 17.8 Å². The highest BCUT2D eigenvalue weighted by Crippen LogP contribution is 2.14. The van der Waals surface area contributed by atoms with Gasteiger partial charge in [-0.1, -0.05) is 42.5 Å². The Morgan fingerprint density at radius 3 is 2.39 bits per heavy atom. The number of aromatic carboxylic acids is 1. The molecule has 2 aromatic carbocycles. The van der Waals surface area contributed by atoms with Gasteiger partial charge in [0.1, 0.15) is 0 Å². The molecule has 0 spiro atoms. The fourth-order valence-electron chi connectivity index (χ4n) is 1.93. The maximum Gasteiger partial charge on any atom is 0.337 e. The van der Waals surface area contributed by atoms with Crippen LogP contribution in [0.15, 0.2) is 66.9 Å². The summed E-state index contributed by atoms with van der Waals surface area (Å²) < 4.78 is 0. The molecule has 118 valence electrons. The van der Waals surface area contributed by atoms with Gasteiger partial charge in [0, 0.05) is 12.3 Å².